The van der Waals surface area contributed by atoms with Gasteiger partial charge in [0.05, 0.1) is 0 Å². The Morgan fingerprint density at radius 3 is 3.00 bits per heavy atom. The molecule has 0 fully saturated rings. The van der Waals surface area contributed by atoms with Gasteiger partial charge in [-0.05, 0) is 36.4 Å². The minimum atomic E-state index is 0.601. The number of nitrogens with two attached hydrogens (primary N) is 1. The van der Waals surface area contributed by atoms with Crippen molar-refractivity contribution in [2.24, 2.45) is 5.73 Å². The summed E-state index contributed by atoms with van der Waals surface area (Å²) in [6.45, 7) is 0.601. The Morgan fingerprint density at radius 2 is 2.11 bits per heavy atom. The number of nitrogens with zero attached hydrogens (tertiary/aromatic N) is 2. The van der Waals surface area contributed by atoms with Gasteiger partial charge in [0, 0.05) is 35.5 Å². The molecule has 2 N–H and O–H groups in total. The zero-order valence-electron chi connectivity index (χ0n) is 9.84. The van der Waals surface area contributed by atoms with Gasteiger partial charge >= 0.3 is 0 Å². The third-order valence-electron chi connectivity index (χ3n) is 2.88. The predicted octanol–water partition coefficient (Wildman–Crippen LogP) is 2.39. The van der Waals surface area contributed by atoms with Crippen LogP contribution in [0.1, 0.15) is 5.69 Å². The zero-order chi connectivity index (χ0) is 12.4. The van der Waals surface area contributed by atoms with Crippen molar-refractivity contribution in [3.05, 3.63) is 48.6 Å². The highest BCUT2D eigenvalue weighted by atomic mass is 16.3. The minimum Gasteiger partial charge on any atom is -0.445 e. The fourth-order valence-electron chi connectivity index (χ4n) is 2.02. The van der Waals surface area contributed by atoms with E-state index in [9.17, 15) is 0 Å². The van der Waals surface area contributed by atoms with Gasteiger partial charge in [-0.1, -0.05) is 0 Å². The summed E-state index contributed by atoms with van der Waals surface area (Å²) in [7, 11) is 0. The second-order valence-corrected chi connectivity index (χ2v) is 4.08. The van der Waals surface area contributed by atoms with Crippen molar-refractivity contribution in [3.8, 4) is 11.1 Å². The van der Waals surface area contributed by atoms with E-state index >= 15 is 0 Å². The van der Waals surface area contributed by atoms with E-state index in [0.717, 1.165) is 28.6 Å². The number of rotatable bonds is 3. The van der Waals surface area contributed by atoms with Gasteiger partial charge < -0.3 is 10.2 Å². The number of hydrogen-bond donors (Lipinski definition) is 1. The van der Waals surface area contributed by atoms with Crippen LogP contribution in [-0.2, 0) is 6.42 Å². The molecule has 0 unspecified atom stereocenters. The summed E-state index contributed by atoms with van der Waals surface area (Å²) < 4.78 is 5.45. The average Bonchev–Trinajstić information content (AvgIpc) is 2.83. The molecular weight excluding hydrogens is 226 g/mol. The lowest BCUT2D eigenvalue weighted by Crippen LogP contribution is -2.04. The Balaban J connectivity index is 2.11. The average molecular weight is 239 g/mol. The topological polar surface area (TPSA) is 64.9 Å². The minimum absolute atomic E-state index is 0.601. The number of fused-ring (bicyclic) bond motifs is 1. The summed E-state index contributed by atoms with van der Waals surface area (Å²) in [6.07, 6.45) is 6.04. The summed E-state index contributed by atoms with van der Waals surface area (Å²) in [4.78, 5) is 8.48. The zero-order valence-corrected chi connectivity index (χ0v) is 9.84. The standard InChI is InChI=1S/C14H13N3O/c15-5-3-11-8-10(4-7-16-11)13-9-18-14-12(13)2-1-6-17-14/h1-2,4,6-9H,3,5,15H2. The smallest absolute Gasteiger partial charge is 0.226 e. The van der Waals surface area contributed by atoms with Gasteiger partial charge in [0.2, 0.25) is 5.71 Å². The first-order valence-corrected chi connectivity index (χ1v) is 5.86. The van der Waals surface area contributed by atoms with E-state index in [1.807, 2.05) is 24.3 Å². The first kappa shape index (κ1) is 10.9. The van der Waals surface area contributed by atoms with Crippen molar-refractivity contribution < 1.29 is 4.42 Å². The number of hydrogen-bond acceptors (Lipinski definition) is 4. The molecule has 18 heavy (non-hydrogen) atoms. The van der Waals surface area contributed by atoms with Crippen LogP contribution in [0.25, 0.3) is 22.2 Å². The molecule has 0 bridgehead atoms. The van der Waals surface area contributed by atoms with Gasteiger partial charge in [-0.3, -0.25) is 4.98 Å². The van der Waals surface area contributed by atoms with Crippen LogP contribution in [0, 0.1) is 0 Å². The monoisotopic (exact) mass is 239 g/mol. The van der Waals surface area contributed by atoms with Gasteiger partial charge in [0.1, 0.15) is 6.26 Å². The Kier molecular flexibility index (Phi) is 2.78. The molecule has 4 nitrogen and oxygen atoms in total. The van der Waals surface area contributed by atoms with E-state index in [2.05, 4.69) is 9.97 Å². The van der Waals surface area contributed by atoms with Crippen molar-refractivity contribution in [3.63, 3.8) is 0 Å². The Bertz CT molecular complexity index is 675. The number of aromatic nitrogens is 2. The lowest BCUT2D eigenvalue weighted by Gasteiger charge is -2.01. The van der Waals surface area contributed by atoms with Crippen LogP contribution in [0.3, 0.4) is 0 Å². The van der Waals surface area contributed by atoms with E-state index in [0.29, 0.717) is 12.3 Å². The largest absolute Gasteiger partial charge is 0.445 e. The van der Waals surface area contributed by atoms with Crippen LogP contribution in [0.15, 0.2) is 47.3 Å². The molecule has 3 rings (SSSR count). The lowest BCUT2D eigenvalue weighted by atomic mass is 10.1. The molecule has 0 aliphatic carbocycles. The SMILES string of the molecule is NCCc1cc(-c2coc3ncccc23)ccn1. The van der Waals surface area contributed by atoms with Crippen molar-refractivity contribution in [2.75, 3.05) is 6.54 Å². The van der Waals surface area contributed by atoms with Crippen LogP contribution >= 0.6 is 0 Å². The summed E-state index contributed by atoms with van der Waals surface area (Å²) in [6, 6.07) is 7.93. The normalized spacial score (nSPS) is 10.9. The fraction of sp³-hybridized carbons (Fsp3) is 0.143. The van der Waals surface area contributed by atoms with Crippen molar-refractivity contribution in [1.29, 1.82) is 0 Å². The Hall–Kier alpha value is -2.20. The molecule has 0 spiro atoms. The highest BCUT2D eigenvalue weighted by molar-refractivity contribution is 5.91. The molecule has 0 amide bonds. The van der Waals surface area contributed by atoms with Crippen LogP contribution in [-0.4, -0.2) is 16.5 Å². The maximum atomic E-state index is 5.55. The molecule has 0 atom stereocenters. The van der Waals surface area contributed by atoms with Gasteiger partial charge in [0.15, 0.2) is 0 Å². The van der Waals surface area contributed by atoms with Crippen molar-refractivity contribution in [2.45, 2.75) is 6.42 Å². The maximum Gasteiger partial charge on any atom is 0.226 e. The predicted molar refractivity (Wildman–Crippen MR) is 70.0 cm³/mol. The van der Waals surface area contributed by atoms with Crippen LogP contribution in [0.5, 0.6) is 0 Å². The van der Waals surface area contributed by atoms with Crippen LogP contribution in [0.2, 0.25) is 0 Å². The molecular formula is C14H13N3O. The molecule has 0 aromatic carbocycles. The lowest BCUT2D eigenvalue weighted by molar-refractivity contribution is 0.604. The highest BCUT2D eigenvalue weighted by Crippen LogP contribution is 2.29. The summed E-state index contributed by atoms with van der Waals surface area (Å²) in [5.74, 6) is 0. The molecule has 4 heteroatoms. The molecule has 90 valence electrons. The van der Waals surface area contributed by atoms with E-state index < -0.39 is 0 Å². The number of pyridine rings is 2. The van der Waals surface area contributed by atoms with E-state index in [4.69, 9.17) is 10.2 Å². The highest BCUT2D eigenvalue weighted by Gasteiger charge is 2.08. The molecule has 0 saturated heterocycles. The van der Waals surface area contributed by atoms with Crippen molar-refractivity contribution in [1.82, 2.24) is 9.97 Å². The molecule has 3 aromatic heterocycles. The third-order valence-corrected chi connectivity index (χ3v) is 2.88. The van der Waals surface area contributed by atoms with Crippen LogP contribution < -0.4 is 5.73 Å². The summed E-state index contributed by atoms with van der Waals surface area (Å²) >= 11 is 0. The van der Waals surface area contributed by atoms with Gasteiger partial charge in [0.25, 0.3) is 0 Å². The Labute approximate surface area is 104 Å². The van der Waals surface area contributed by atoms with Gasteiger partial charge in [-0.15, -0.1) is 0 Å². The second kappa shape index (κ2) is 4.58. The fourth-order valence-corrected chi connectivity index (χ4v) is 2.02. The molecule has 0 radical (unpaired) electrons. The molecule has 3 aromatic rings. The second-order valence-electron chi connectivity index (χ2n) is 4.08. The van der Waals surface area contributed by atoms with E-state index in [1.165, 1.54) is 0 Å². The van der Waals surface area contributed by atoms with Gasteiger partial charge in [-0.2, -0.15) is 0 Å². The van der Waals surface area contributed by atoms with Gasteiger partial charge in [-0.25, -0.2) is 4.98 Å². The first-order valence-electron chi connectivity index (χ1n) is 5.86. The first-order chi connectivity index (χ1) is 8.88. The van der Waals surface area contributed by atoms with E-state index in [1.54, 1.807) is 18.7 Å². The molecule has 3 heterocycles. The van der Waals surface area contributed by atoms with E-state index in [-0.39, 0.29) is 0 Å². The molecule has 0 saturated carbocycles. The summed E-state index contributed by atoms with van der Waals surface area (Å²) in [5.41, 5.74) is 9.33. The van der Waals surface area contributed by atoms with Crippen LogP contribution in [0.4, 0.5) is 0 Å². The van der Waals surface area contributed by atoms with Crippen molar-refractivity contribution >= 4 is 11.1 Å². The molecule has 0 aliphatic heterocycles. The quantitative estimate of drug-likeness (QED) is 0.762. The number of furan rings is 1. The third kappa shape index (κ3) is 1.87. The summed E-state index contributed by atoms with van der Waals surface area (Å²) in [5, 5.41) is 1.02. The molecule has 0 aliphatic rings. The maximum absolute atomic E-state index is 5.55. The Morgan fingerprint density at radius 1 is 1.17 bits per heavy atom.